The molecule has 1 aromatic heterocycles. The maximum Gasteiger partial charge on any atom is 0.256 e. The van der Waals surface area contributed by atoms with Gasteiger partial charge in [0.2, 0.25) is 5.22 Å². The van der Waals surface area contributed by atoms with Gasteiger partial charge in [-0.2, -0.15) is 0 Å². The zero-order valence-corrected chi connectivity index (χ0v) is 11.8. The fourth-order valence-corrected chi connectivity index (χ4v) is 3.26. The Hall–Kier alpha value is -0.480. The Morgan fingerprint density at radius 2 is 2.29 bits per heavy atom. The molecule has 1 aliphatic rings. The molecule has 17 heavy (non-hydrogen) atoms. The Bertz CT molecular complexity index is 394. The Morgan fingerprint density at radius 1 is 1.53 bits per heavy atom. The van der Waals surface area contributed by atoms with Crippen LogP contribution < -0.4 is 5.32 Å². The average molecular weight is 321 g/mol. The minimum atomic E-state index is -0.137. The van der Waals surface area contributed by atoms with Gasteiger partial charge in [0.25, 0.3) is 5.91 Å². The number of halogens is 2. The molecule has 0 spiro atoms. The van der Waals surface area contributed by atoms with Crippen molar-refractivity contribution >= 4 is 33.4 Å². The summed E-state index contributed by atoms with van der Waals surface area (Å²) in [6.07, 6.45) is 6.05. The second kappa shape index (κ2) is 5.91. The number of nitrogens with one attached hydrogen (secondary N) is 1. The van der Waals surface area contributed by atoms with Crippen molar-refractivity contribution in [3.8, 4) is 0 Å². The third-order valence-corrected chi connectivity index (χ3v) is 4.41. The monoisotopic (exact) mass is 319 g/mol. The first-order chi connectivity index (χ1) is 8.22. The molecule has 1 aliphatic carbocycles. The molecule has 1 saturated carbocycles. The van der Waals surface area contributed by atoms with Crippen LogP contribution in [0.3, 0.4) is 0 Å². The summed E-state index contributed by atoms with van der Waals surface area (Å²) in [7, 11) is 0. The van der Waals surface area contributed by atoms with Gasteiger partial charge in [0.15, 0.2) is 0 Å². The van der Waals surface area contributed by atoms with E-state index in [1.165, 1.54) is 19.1 Å². The summed E-state index contributed by atoms with van der Waals surface area (Å²) in [5.41, 5.74) is 0.422. The van der Waals surface area contributed by atoms with E-state index in [9.17, 15) is 4.79 Å². The minimum Gasteiger partial charge on any atom is -0.452 e. The summed E-state index contributed by atoms with van der Waals surface area (Å²) in [6.45, 7) is 0. The number of alkyl halides is 1. The standard InChI is InChI=1S/C12H15BrClNO2/c13-7-8-3-1-2-4-10(8)15-12(16)9-5-6-17-11(9)14/h5-6,8,10H,1-4,7H2,(H,15,16). The molecule has 1 amide bonds. The summed E-state index contributed by atoms with van der Waals surface area (Å²) in [6, 6.07) is 1.84. The molecule has 1 heterocycles. The van der Waals surface area contributed by atoms with Gasteiger partial charge in [0.05, 0.1) is 11.8 Å². The molecule has 2 unspecified atom stereocenters. The lowest BCUT2D eigenvalue weighted by atomic mass is 9.86. The third kappa shape index (κ3) is 3.05. The third-order valence-electron chi connectivity index (χ3n) is 3.29. The predicted octanol–water partition coefficient (Wildman–Crippen LogP) is 3.62. The normalized spacial score (nSPS) is 24.6. The van der Waals surface area contributed by atoms with Gasteiger partial charge < -0.3 is 9.73 Å². The summed E-state index contributed by atoms with van der Waals surface area (Å²) in [5.74, 6) is 0.375. The highest BCUT2D eigenvalue weighted by molar-refractivity contribution is 9.09. The fraction of sp³-hybridized carbons (Fsp3) is 0.583. The van der Waals surface area contributed by atoms with Crippen LogP contribution in [0.2, 0.25) is 5.22 Å². The first-order valence-corrected chi connectivity index (χ1v) is 7.32. The van der Waals surface area contributed by atoms with Crippen LogP contribution in [0.15, 0.2) is 16.7 Å². The van der Waals surface area contributed by atoms with Crippen molar-refractivity contribution in [1.29, 1.82) is 0 Å². The maximum absolute atomic E-state index is 12.0. The van der Waals surface area contributed by atoms with Crippen molar-refractivity contribution < 1.29 is 9.21 Å². The number of amides is 1. The Kier molecular flexibility index (Phi) is 4.51. The summed E-state index contributed by atoms with van der Waals surface area (Å²) in [4.78, 5) is 12.0. The molecule has 1 aromatic rings. The molecule has 0 aliphatic heterocycles. The number of carbonyl (C=O) groups is 1. The first kappa shape index (κ1) is 13.0. The molecule has 3 nitrogen and oxygen atoms in total. The van der Waals surface area contributed by atoms with Gasteiger partial charge in [-0.1, -0.05) is 28.8 Å². The van der Waals surface area contributed by atoms with Gasteiger partial charge in [-0.15, -0.1) is 0 Å². The zero-order valence-electron chi connectivity index (χ0n) is 9.42. The topological polar surface area (TPSA) is 42.2 Å². The highest BCUT2D eigenvalue weighted by atomic mass is 79.9. The molecule has 0 saturated heterocycles. The second-order valence-electron chi connectivity index (χ2n) is 4.39. The van der Waals surface area contributed by atoms with Crippen molar-refractivity contribution in [2.45, 2.75) is 31.7 Å². The molecular weight excluding hydrogens is 305 g/mol. The van der Waals surface area contributed by atoms with E-state index >= 15 is 0 Å². The molecule has 2 atom stereocenters. The molecule has 94 valence electrons. The Labute approximate surface area is 114 Å². The summed E-state index contributed by atoms with van der Waals surface area (Å²) < 4.78 is 4.92. The van der Waals surface area contributed by atoms with E-state index in [0.29, 0.717) is 11.5 Å². The zero-order chi connectivity index (χ0) is 12.3. The van der Waals surface area contributed by atoms with Crippen LogP contribution in [0.4, 0.5) is 0 Å². The van der Waals surface area contributed by atoms with Crippen molar-refractivity contribution in [3.05, 3.63) is 23.1 Å². The van der Waals surface area contributed by atoms with Crippen LogP contribution in [-0.4, -0.2) is 17.3 Å². The number of carbonyl (C=O) groups excluding carboxylic acids is 1. The van der Waals surface area contributed by atoms with Crippen molar-refractivity contribution in [2.24, 2.45) is 5.92 Å². The SMILES string of the molecule is O=C(NC1CCCCC1CBr)c1ccoc1Cl. The minimum absolute atomic E-state index is 0.137. The molecular formula is C12H15BrClNO2. The van der Waals surface area contributed by atoms with Gasteiger partial charge in [0, 0.05) is 11.4 Å². The van der Waals surface area contributed by atoms with E-state index in [4.69, 9.17) is 16.0 Å². The summed E-state index contributed by atoms with van der Waals surface area (Å²) in [5, 5.41) is 4.14. The number of rotatable bonds is 3. The first-order valence-electron chi connectivity index (χ1n) is 5.82. The predicted molar refractivity (Wildman–Crippen MR) is 70.7 cm³/mol. The molecule has 1 N–H and O–H groups in total. The van der Waals surface area contributed by atoms with Crippen LogP contribution in [0.25, 0.3) is 0 Å². The van der Waals surface area contributed by atoms with Gasteiger partial charge in [-0.05, 0) is 36.4 Å². The Morgan fingerprint density at radius 3 is 2.94 bits per heavy atom. The van der Waals surface area contributed by atoms with Gasteiger partial charge >= 0.3 is 0 Å². The quantitative estimate of drug-likeness (QED) is 0.864. The van der Waals surface area contributed by atoms with Gasteiger partial charge in [-0.25, -0.2) is 0 Å². The van der Waals surface area contributed by atoms with Crippen LogP contribution in [0, 0.1) is 5.92 Å². The molecule has 0 radical (unpaired) electrons. The molecule has 2 rings (SSSR count). The smallest absolute Gasteiger partial charge is 0.256 e. The van der Waals surface area contributed by atoms with Crippen molar-refractivity contribution in [3.63, 3.8) is 0 Å². The van der Waals surface area contributed by atoms with E-state index in [1.54, 1.807) is 6.07 Å². The number of furan rings is 1. The number of hydrogen-bond acceptors (Lipinski definition) is 2. The highest BCUT2D eigenvalue weighted by Gasteiger charge is 2.26. The lowest BCUT2D eigenvalue weighted by Gasteiger charge is -2.30. The summed E-state index contributed by atoms with van der Waals surface area (Å²) >= 11 is 9.29. The van der Waals surface area contributed by atoms with Crippen LogP contribution >= 0.6 is 27.5 Å². The van der Waals surface area contributed by atoms with E-state index in [0.717, 1.165) is 18.2 Å². The highest BCUT2D eigenvalue weighted by Crippen LogP contribution is 2.26. The molecule has 0 bridgehead atoms. The van der Waals surface area contributed by atoms with Crippen molar-refractivity contribution in [1.82, 2.24) is 5.32 Å². The van der Waals surface area contributed by atoms with E-state index < -0.39 is 0 Å². The van der Waals surface area contributed by atoms with Crippen molar-refractivity contribution in [2.75, 3.05) is 5.33 Å². The second-order valence-corrected chi connectivity index (χ2v) is 5.38. The van der Waals surface area contributed by atoms with E-state index in [-0.39, 0.29) is 17.2 Å². The molecule has 1 fully saturated rings. The molecule has 5 heteroatoms. The number of hydrogen-bond donors (Lipinski definition) is 1. The van der Waals surface area contributed by atoms with Crippen LogP contribution in [0.5, 0.6) is 0 Å². The Balaban J connectivity index is 2.00. The van der Waals surface area contributed by atoms with Crippen LogP contribution in [-0.2, 0) is 0 Å². The average Bonchev–Trinajstić information content (AvgIpc) is 2.76. The van der Waals surface area contributed by atoms with E-state index in [1.807, 2.05) is 0 Å². The van der Waals surface area contributed by atoms with E-state index in [2.05, 4.69) is 21.2 Å². The lowest BCUT2D eigenvalue weighted by molar-refractivity contribution is 0.0911. The maximum atomic E-state index is 12.0. The largest absolute Gasteiger partial charge is 0.452 e. The lowest BCUT2D eigenvalue weighted by Crippen LogP contribution is -2.42. The van der Waals surface area contributed by atoms with Gasteiger partial charge in [-0.3, -0.25) is 4.79 Å². The molecule has 0 aromatic carbocycles. The fourth-order valence-electron chi connectivity index (χ4n) is 2.28. The van der Waals surface area contributed by atoms with Gasteiger partial charge in [0.1, 0.15) is 0 Å². The van der Waals surface area contributed by atoms with Crippen LogP contribution in [0.1, 0.15) is 36.0 Å².